The van der Waals surface area contributed by atoms with E-state index in [9.17, 15) is 9.59 Å². The fraction of sp³-hybridized carbons (Fsp3) is 0.650. The van der Waals surface area contributed by atoms with Crippen LogP contribution >= 0.6 is 0 Å². The minimum Gasteiger partial charge on any atom is -0.399 e. The zero-order valence-corrected chi connectivity index (χ0v) is 15.8. The van der Waals surface area contributed by atoms with Gasteiger partial charge in [-0.2, -0.15) is 0 Å². The van der Waals surface area contributed by atoms with Crippen LogP contribution in [0.1, 0.15) is 56.4 Å². The number of hydrogen-bond donors (Lipinski definition) is 2. The van der Waals surface area contributed by atoms with E-state index >= 15 is 0 Å². The molecular formula is C20H30N4O2. The lowest BCUT2D eigenvalue weighted by Crippen LogP contribution is -2.62. The van der Waals surface area contributed by atoms with E-state index in [0.717, 1.165) is 0 Å². The van der Waals surface area contributed by atoms with Crippen LogP contribution in [0.2, 0.25) is 0 Å². The summed E-state index contributed by atoms with van der Waals surface area (Å²) >= 11 is 0. The number of aromatic nitrogens is 1. The van der Waals surface area contributed by atoms with Crippen molar-refractivity contribution in [3.63, 3.8) is 0 Å². The standard InChI is InChI=1S/C20H30N4O2/c1-13(15-6-4-3-5-7-15)14(2)20(26)24-11-17(12-24)23-19(25)18-10-16(21)8-9-22-18/h8-10,13-15,17H,3-7,11-12H2,1-2H3,(H2,21,22)(H,23,25). The molecule has 6 heteroatoms. The molecule has 2 amide bonds. The van der Waals surface area contributed by atoms with Gasteiger partial charge in [0, 0.05) is 30.9 Å². The van der Waals surface area contributed by atoms with Gasteiger partial charge in [-0.1, -0.05) is 46.0 Å². The number of carbonyl (C=O) groups is 2. The van der Waals surface area contributed by atoms with E-state index in [-0.39, 0.29) is 23.8 Å². The lowest BCUT2D eigenvalue weighted by molar-refractivity contribution is -0.142. The third-order valence-electron chi connectivity index (χ3n) is 6.12. The summed E-state index contributed by atoms with van der Waals surface area (Å²) in [6, 6.07) is 3.20. The topological polar surface area (TPSA) is 88.3 Å². The Morgan fingerprint density at radius 1 is 1.23 bits per heavy atom. The number of nitrogens with zero attached hydrogens (tertiary/aromatic N) is 2. The fourth-order valence-electron chi connectivity index (χ4n) is 4.16. The van der Waals surface area contributed by atoms with Crippen LogP contribution in [0.25, 0.3) is 0 Å². The zero-order chi connectivity index (χ0) is 18.7. The van der Waals surface area contributed by atoms with E-state index in [2.05, 4.69) is 24.1 Å². The van der Waals surface area contributed by atoms with Crippen LogP contribution in [0.3, 0.4) is 0 Å². The van der Waals surface area contributed by atoms with Gasteiger partial charge in [0.15, 0.2) is 0 Å². The Hall–Kier alpha value is -2.11. The second-order valence-corrected chi connectivity index (χ2v) is 7.93. The van der Waals surface area contributed by atoms with Crippen LogP contribution in [0.15, 0.2) is 18.3 Å². The van der Waals surface area contributed by atoms with E-state index < -0.39 is 0 Å². The molecule has 1 aromatic rings. The molecule has 2 heterocycles. The Bertz CT molecular complexity index is 651. The Morgan fingerprint density at radius 2 is 1.92 bits per heavy atom. The molecule has 3 N–H and O–H groups in total. The number of rotatable bonds is 5. The van der Waals surface area contributed by atoms with E-state index in [1.54, 1.807) is 12.1 Å². The van der Waals surface area contributed by atoms with Gasteiger partial charge in [0.2, 0.25) is 5.91 Å². The molecule has 0 spiro atoms. The van der Waals surface area contributed by atoms with E-state index in [0.29, 0.717) is 36.3 Å². The van der Waals surface area contributed by atoms with Crippen LogP contribution in [0.5, 0.6) is 0 Å². The first-order valence-corrected chi connectivity index (χ1v) is 9.77. The Labute approximate surface area is 155 Å². The third kappa shape index (κ3) is 4.17. The molecule has 0 bridgehead atoms. The highest BCUT2D eigenvalue weighted by molar-refractivity contribution is 5.93. The van der Waals surface area contributed by atoms with Crippen molar-refractivity contribution in [2.75, 3.05) is 18.8 Å². The number of nitrogens with one attached hydrogen (secondary N) is 1. The molecule has 2 fully saturated rings. The Kier molecular flexibility index (Phi) is 5.79. The SMILES string of the molecule is CC(C(=O)N1CC(NC(=O)c2cc(N)ccn2)C1)C(C)C1CCCCC1. The molecule has 1 aliphatic carbocycles. The summed E-state index contributed by atoms with van der Waals surface area (Å²) in [5.41, 5.74) is 6.51. The van der Waals surface area contributed by atoms with E-state index in [1.165, 1.54) is 38.3 Å². The molecule has 142 valence electrons. The van der Waals surface area contributed by atoms with Gasteiger partial charge >= 0.3 is 0 Å². The molecule has 2 aliphatic rings. The van der Waals surface area contributed by atoms with Crippen LogP contribution in [0, 0.1) is 17.8 Å². The lowest BCUT2D eigenvalue weighted by Gasteiger charge is -2.42. The van der Waals surface area contributed by atoms with Gasteiger partial charge in [-0.15, -0.1) is 0 Å². The largest absolute Gasteiger partial charge is 0.399 e. The number of amides is 2. The Morgan fingerprint density at radius 3 is 2.58 bits per heavy atom. The molecule has 0 aromatic carbocycles. The quantitative estimate of drug-likeness (QED) is 0.846. The van der Waals surface area contributed by atoms with Crippen molar-refractivity contribution >= 4 is 17.5 Å². The van der Waals surface area contributed by atoms with Crippen molar-refractivity contribution in [3.8, 4) is 0 Å². The highest BCUT2D eigenvalue weighted by Crippen LogP contribution is 2.34. The Balaban J connectivity index is 1.46. The maximum Gasteiger partial charge on any atom is 0.270 e. The summed E-state index contributed by atoms with van der Waals surface area (Å²) in [5, 5.41) is 2.93. The van der Waals surface area contributed by atoms with Crippen molar-refractivity contribution in [3.05, 3.63) is 24.0 Å². The molecule has 26 heavy (non-hydrogen) atoms. The molecule has 2 atom stereocenters. The number of carbonyl (C=O) groups excluding carboxylic acids is 2. The lowest BCUT2D eigenvalue weighted by atomic mass is 9.75. The average molecular weight is 358 g/mol. The number of nitrogens with two attached hydrogens (primary N) is 1. The predicted octanol–water partition coefficient (Wildman–Crippen LogP) is 2.46. The van der Waals surface area contributed by atoms with Crippen LogP contribution in [0.4, 0.5) is 5.69 Å². The first-order chi connectivity index (χ1) is 12.5. The zero-order valence-electron chi connectivity index (χ0n) is 15.8. The van der Waals surface area contributed by atoms with Gasteiger partial charge in [-0.3, -0.25) is 14.6 Å². The molecule has 1 aliphatic heterocycles. The van der Waals surface area contributed by atoms with Gasteiger partial charge in [0.1, 0.15) is 5.69 Å². The number of nitrogen functional groups attached to an aromatic ring is 1. The van der Waals surface area contributed by atoms with Crippen molar-refractivity contribution in [2.45, 2.75) is 52.0 Å². The maximum absolute atomic E-state index is 12.7. The van der Waals surface area contributed by atoms with Gasteiger partial charge in [-0.25, -0.2) is 0 Å². The van der Waals surface area contributed by atoms with E-state index in [4.69, 9.17) is 5.73 Å². The first-order valence-electron chi connectivity index (χ1n) is 9.77. The normalized spacial score (nSPS) is 20.9. The number of likely N-dealkylation sites (tertiary alicyclic amines) is 1. The molecule has 2 unspecified atom stereocenters. The summed E-state index contributed by atoms with van der Waals surface area (Å²) in [7, 11) is 0. The molecule has 3 rings (SSSR count). The minimum absolute atomic E-state index is 0.00753. The molecule has 1 aromatic heterocycles. The minimum atomic E-state index is -0.238. The summed E-state index contributed by atoms with van der Waals surface area (Å²) < 4.78 is 0. The van der Waals surface area contributed by atoms with Crippen molar-refractivity contribution in [2.24, 2.45) is 17.8 Å². The third-order valence-corrected chi connectivity index (χ3v) is 6.12. The van der Waals surface area contributed by atoms with Gasteiger partial charge < -0.3 is 16.0 Å². The van der Waals surface area contributed by atoms with Crippen molar-refractivity contribution in [1.82, 2.24) is 15.2 Å². The van der Waals surface area contributed by atoms with Crippen LogP contribution < -0.4 is 11.1 Å². The number of pyridine rings is 1. The van der Waals surface area contributed by atoms with Crippen LogP contribution in [-0.2, 0) is 4.79 Å². The molecular weight excluding hydrogens is 328 g/mol. The monoisotopic (exact) mass is 358 g/mol. The summed E-state index contributed by atoms with van der Waals surface area (Å²) in [5.74, 6) is 1.13. The second-order valence-electron chi connectivity index (χ2n) is 7.93. The van der Waals surface area contributed by atoms with E-state index in [1.807, 2.05) is 4.90 Å². The molecule has 1 saturated carbocycles. The summed E-state index contributed by atoms with van der Waals surface area (Å²) in [6.07, 6.45) is 7.96. The van der Waals surface area contributed by atoms with Gasteiger partial charge in [-0.05, 0) is 24.0 Å². The average Bonchev–Trinajstić information content (AvgIpc) is 2.63. The van der Waals surface area contributed by atoms with Crippen molar-refractivity contribution < 1.29 is 9.59 Å². The van der Waals surface area contributed by atoms with Gasteiger partial charge in [0.05, 0.1) is 6.04 Å². The molecule has 1 saturated heterocycles. The maximum atomic E-state index is 12.7. The second kappa shape index (κ2) is 8.06. The van der Waals surface area contributed by atoms with Crippen molar-refractivity contribution in [1.29, 1.82) is 0 Å². The summed E-state index contributed by atoms with van der Waals surface area (Å²) in [6.45, 7) is 5.44. The highest BCUT2D eigenvalue weighted by atomic mass is 16.2. The smallest absolute Gasteiger partial charge is 0.270 e. The fourth-order valence-corrected chi connectivity index (χ4v) is 4.16. The van der Waals surface area contributed by atoms with Gasteiger partial charge in [0.25, 0.3) is 5.91 Å². The molecule has 0 radical (unpaired) electrons. The first kappa shape index (κ1) is 18.7. The molecule has 6 nitrogen and oxygen atoms in total. The van der Waals surface area contributed by atoms with Crippen LogP contribution in [-0.4, -0.2) is 40.8 Å². The number of anilines is 1. The summed E-state index contributed by atoms with van der Waals surface area (Å²) in [4.78, 5) is 30.8. The number of hydrogen-bond acceptors (Lipinski definition) is 4. The predicted molar refractivity (Wildman–Crippen MR) is 101 cm³/mol. The highest BCUT2D eigenvalue weighted by Gasteiger charge is 2.37.